The van der Waals surface area contributed by atoms with Gasteiger partial charge in [0.15, 0.2) is 0 Å². The third kappa shape index (κ3) is 1.63. The summed E-state index contributed by atoms with van der Waals surface area (Å²) in [6, 6.07) is 0.965. The van der Waals surface area contributed by atoms with E-state index in [0.717, 1.165) is 17.5 Å². The highest BCUT2D eigenvalue weighted by molar-refractivity contribution is 5.13. The van der Waals surface area contributed by atoms with Gasteiger partial charge in [-0.15, -0.1) is 0 Å². The van der Waals surface area contributed by atoms with Gasteiger partial charge in [-0.1, -0.05) is 20.8 Å². The lowest BCUT2D eigenvalue weighted by Crippen LogP contribution is -2.35. The number of hydrogen-bond donors (Lipinski definition) is 0. The first-order valence-corrected chi connectivity index (χ1v) is 6.77. The Bertz CT molecular complexity index is 259. The standard InChI is InChI=1S/C14H25N/c1-13(2,3)10-11-5-9-15-12(11)4-6-14(15)7-8-14/h11-12H,4-10H2,1-3H3. The molecule has 86 valence electrons. The third-order valence-corrected chi connectivity index (χ3v) is 4.90. The zero-order chi connectivity index (χ0) is 10.7. The first-order chi connectivity index (χ1) is 7.00. The number of hydrogen-bond acceptors (Lipinski definition) is 1. The molecular weight excluding hydrogens is 182 g/mol. The van der Waals surface area contributed by atoms with Crippen LogP contribution in [0.25, 0.3) is 0 Å². The van der Waals surface area contributed by atoms with E-state index in [9.17, 15) is 0 Å². The zero-order valence-electron chi connectivity index (χ0n) is 10.6. The van der Waals surface area contributed by atoms with Crippen molar-refractivity contribution in [2.75, 3.05) is 6.54 Å². The van der Waals surface area contributed by atoms with E-state index < -0.39 is 0 Å². The molecule has 1 saturated carbocycles. The van der Waals surface area contributed by atoms with Crippen molar-refractivity contribution >= 4 is 0 Å². The average Bonchev–Trinajstić information content (AvgIpc) is 2.64. The van der Waals surface area contributed by atoms with Crippen molar-refractivity contribution in [3.63, 3.8) is 0 Å². The molecule has 3 aliphatic rings. The molecule has 0 aromatic carbocycles. The molecule has 2 heterocycles. The Morgan fingerprint density at radius 1 is 1.13 bits per heavy atom. The molecule has 3 rings (SSSR count). The highest BCUT2D eigenvalue weighted by atomic mass is 15.3. The second kappa shape index (κ2) is 3.00. The van der Waals surface area contributed by atoms with Crippen LogP contribution in [-0.2, 0) is 0 Å². The maximum atomic E-state index is 2.89. The Labute approximate surface area is 94.2 Å². The fourth-order valence-electron chi connectivity index (χ4n) is 4.16. The average molecular weight is 207 g/mol. The van der Waals surface area contributed by atoms with Crippen LogP contribution >= 0.6 is 0 Å². The third-order valence-electron chi connectivity index (χ3n) is 4.90. The van der Waals surface area contributed by atoms with E-state index in [0.29, 0.717) is 5.41 Å². The molecular formula is C14H25N. The van der Waals surface area contributed by atoms with Crippen LogP contribution in [0.2, 0.25) is 0 Å². The van der Waals surface area contributed by atoms with E-state index in [4.69, 9.17) is 0 Å². The van der Waals surface area contributed by atoms with Gasteiger partial charge in [0.1, 0.15) is 0 Å². The molecule has 2 saturated heterocycles. The molecule has 2 unspecified atom stereocenters. The molecule has 0 aromatic heterocycles. The van der Waals surface area contributed by atoms with Crippen LogP contribution in [0.1, 0.15) is 59.3 Å². The summed E-state index contributed by atoms with van der Waals surface area (Å²) < 4.78 is 0. The summed E-state index contributed by atoms with van der Waals surface area (Å²) in [5.74, 6) is 1.00. The topological polar surface area (TPSA) is 3.24 Å². The molecule has 3 fully saturated rings. The van der Waals surface area contributed by atoms with Gasteiger partial charge in [-0.2, -0.15) is 0 Å². The Morgan fingerprint density at radius 2 is 1.87 bits per heavy atom. The van der Waals surface area contributed by atoms with E-state index in [2.05, 4.69) is 25.7 Å². The smallest absolute Gasteiger partial charge is 0.0214 e. The Kier molecular flexibility index (Phi) is 2.03. The van der Waals surface area contributed by atoms with Crippen LogP contribution in [-0.4, -0.2) is 23.0 Å². The minimum Gasteiger partial charge on any atom is -0.294 e. The molecule has 1 nitrogen and oxygen atoms in total. The first kappa shape index (κ1) is 10.1. The van der Waals surface area contributed by atoms with Crippen molar-refractivity contribution in [1.82, 2.24) is 4.90 Å². The summed E-state index contributed by atoms with van der Waals surface area (Å²) in [6.07, 6.45) is 8.93. The minimum atomic E-state index is 0.528. The molecule has 0 bridgehead atoms. The number of rotatable bonds is 1. The van der Waals surface area contributed by atoms with E-state index in [-0.39, 0.29) is 0 Å². The molecule has 15 heavy (non-hydrogen) atoms. The Balaban J connectivity index is 1.69. The quantitative estimate of drug-likeness (QED) is 0.636. The summed E-state index contributed by atoms with van der Waals surface area (Å²) in [5, 5.41) is 0. The second-order valence-electron chi connectivity index (χ2n) is 7.34. The maximum Gasteiger partial charge on any atom is 0.0214 e. The monoisotopic (exact) mass is 207 g/mol. The maximum absolute atomic E-state index is 2.89. The van der Waals surface area contributed by atoms with Crippen molar-refractivity contribution in [3.05, 3.63) is 0 Å². The molecule has 2 atom stereocenters. The SMILES string of the molecule is CC(C)(C)CC1CCN2C1CCC21CC1. The number of nitrogens with zero attached hydrogens (tertiary/aromatic N) is 1. The van der Waals surface area contributed by atoms with Gasteiger partial charge in [0.05, 0.1) is 0 Å². The van der Waals surface area contributed by atoms with Crippen LogP contribution in [0.15, 0.2) is 0 Å². The Morgan fingerprint density at radius 3 is 2.47 bits per heavy atom. The zero-order valence-corrected chi connectivity index (χ0v) is 10.6. The van der Waals surface area contributed by atoms with Crippen molar-refractivity contribution in [3.8, 4) is 0 Å². The van der Waals surface area contributed by atoms with E-state index in [1.165, 1.54) is 45.1 Å². The van der Waals surface area contributed by atoms with Gasteiger partial charge in [0.2, 0.25) is 0 Å². The van der Waals surface area contributed by atoms with Gasteiger partial charge in [0, 0.05) is 11.6 Å². The summed E-state index contributed by atoms with van der Waals surface area (Å²) in [7, 11) is 0. The molecule has 1 aliphatic carbocycles. The summed E-state index contributed by atoms with van der Waals surface area (Å²) in [6.45, 7) is 8.61. The van der Waals surface area contributed by atoms with Crippen molar-refractivity contribution in [2.45, 2.75) is 70.9 Å². The summed E-state index contributed by atoms with van der Waals surface area (Å²) in [4.78, 5) is 2.89. The summed E-state index contributed by atoms with van der Waals surface area (Å²) >= 11 is 0. The molecule has 0 N–H and O–H groups in total. The fourth-order valence-corrected chi connectivity index (χ4v) is 4.16. The molecule has 1 heteroatoms. The van der Waals surface area contributed by atoms with Crippen LogP contribution in [0.3, 0.4) is 0 Å². The largest absolute Gasteiger partial charge is 0.294 e. The highest BCUT2D eigenvalue weighted by Crippen LogP contribution is 2.56. The molecule has 0 amide bonds. The van der Waals surface area contributed by atoms with Gasteiger partial charge in [-0.3, -0.25) is 4.90 Å². The normalized spacial score (nSPS) is 38.6. The van der Waals surface area contributed by atoms with Crippen molar-refractivity contribution in [2.24, 2.45) is 11.3 Å². The van der Waals surface area contributed by atoms with Gasteiger partial charge in [-0.25, -0.2) is 0 Å². The fraction of sp³-hybridized carbons (Fsp3) is 1.00. The predicted octanol–water partition coefficient (Wildman–Crippen LogP) is 3.44. The van der Waals surface area contributed by atoms with Gasteiger partial charge < -0.3 is 0 Å². The lowest BCUT2D eigenvalue weighted by atomic mass is 9.81. The van der Waals surface area contributed by atoms with Gasteiger partial charge >= 0.3 is 0 Å². The van der Waals surface area contributed by atoms with E-state index in [1.54, 1.807) is 0 Å². The Hall–Kier alpha value is -0.0400. The highest BCUT2D eigenvalue weighted by Gasteiger charge is 2.57. The van der Waals surface area contributed by atoms with Crippen LogP contribution in [0, 0.1) is 11.3 Å². The molecule has 0 aromatic rings. The van der Waals surface area contributed by atoms with E-state index in [1.807, 2.05) is 0 Å². The second-order valence-corrected chi connectivity index (χ2v) is 7.34. The van der Waals surface area contributed by atoms with E-state index >= 15 is 0 Å². The summed E-state index contributed by atoms with van der Waals surface area (Å²) in [5.41, 5.74) is 1.26. The number of fused-ring (bicyclic) bond motifs is 2. The van der Waals surface area contributed by atoms with Crippen molar-refractivity contribution in [1.29, 1.82) is 0 Å². The van der Waals surface area contributed by atoms with Crippen LogP contribution in [0.4, 0.5) is 0 Å². The van der Waals surface area contributed by atoms with Crippen LogP contribution < -0.4 is 0 Å². The van der Waals surface area contributed by atoms with Crippen LogP contribution in [0.5, 0.6) is 0 Å². The lowest BCUT2D eigenvalue weighted by molar-refractivity contribution is 0.190. The van der Waals surface area contributed by atoms with Crippen molar-refractivity contribution < 1.29 is 0 Å². The van der Waals surface area contributed by atoms with Gasteiger partial charge in [0.25, 0.3) is 0 Å². The lowest BCUT2D eigenvalue weighted by Gasteiger charge is -2.29. The van der Waals surface area contributed by atoms with Gasteiger partial charge in [-0.05, 0) is 56.4 Å². The minimum absolute atomic E-state index is 0.528. The predicted molar refractivity (Wildman–Crippen MR) is 63.9 cm³/mol. The first-order valence-electron chi connectivity index (χ1n) is 6.77. The molecule has 0 radical (unpaired) electrons. The molecule has 1 spiro atoms. The molecule has 2 aliphatic heterocycles.